The summed E-state index contributed by atoms with van der Waals surface area (Å²) in [6.45, 7) is 1.33. The number of benzene rings is 1. The SMILES string of the molecule is O=C(Nc1c(F)cccc1C(F)(F)F)N1CCN(c2ncccn2)CC1. The highest BCUT2D eigenvalue weighted by atomic mass is 19.4. The normalized spacial score (nSPS) is 15.1. The van der Waals surface area contributed by atoms with Crippen molar-refractivity contribution < 1.29 is 22.4 Å². The number of carbonyl (C=O) groups excluding carboxylic acids is 1. The molecule has 2 aromatic rings. The number of para-hydroxylation sites is 1. The Kier molecular flexibility index (Phi) is 4.92. The molecule has 26 heavy (non-hydrogen) atoms. The fourth-order valence-corrected chi connectivity index (χ4v) is 2.64. The molecule has 10 heteroatoms. The third kappa shape index (κ3) is 3.84. The van der Waals surface area contributed by atoms with Gasteiger partial charge < -0.3 is 15.1 Å². The molecule has 1 saturated heterocycles. The van der Waals surface area contributed by atoms with E-state index in [2.05, 4.69) is 15.3 Å². The molecule has 0 aliphatic carbocycles. The maximum atomic E-state index is 13.8. The Labute approximate surface area is 146 Å². The fraction of sp³-hybridized carbons (Fsp3) is 0.312. The molecule has 1 aromatic carbocycles. The topological polar surface area (TPSA) is 61.4 Å². The predicted molar refractivity (Wildman–Crippen MR) is 86.2 cm³/mol. The predicted octanol–water partition coefficient (Wildman–Crippen LogP) is 2.99. The summed E-state index contributed by atoms with van der Waals surface area (Å²) >= 11 is 0. The first-order chi connectivity index (χ1) is 12.4. The van der Waals surface area contributed by atoms with Gasteiger partial charge in [0, 0.05) is 38.6 Å². The summed E-state index contributed by atoms with van der Waals surface area (Å²) in [5.74, 6) is -0.620. The zero-order valence-corrected chi connectivity index (χ0v) is 13.5. The van der Waals surface area contributed by atoms with Crippen LogP contribution < -0.4 is 10.2 Å². The number of nitrogens with zero attached hydrogens (tertiary/aromatic N) is 4. The molecule has 6 nitrogen and oxygen atoms in total. The fourth-order valence-electron chi connectivity index (χ4n) is 2.64. The monoisotopic (exact) mass is 369 g/mol. The molecule has 0 atom stereocenters. The molecule has 1 aliphatic heterocycles. The maximum absolute atomic E-state index is 13.8. The van der Waals surface area contributed by atoms with Crippen molar-refractivity contribution in [3.05, 3.63) is 48.0 Å². The van der Waals surface area contributed by atoms with E-state index in [-0.39, 0.29) is 13.1 Å². The van der Waals surface area contributed by atoms with Crippen LogP contribution in [0.15, 0.2) is 36.7 Å². The van der Waals surface area contributed by atoms with E-state index in [1.807, 2.05) is 4.90 Å². The molecule has 3 rings (SSSR count). The van der Waals surface area contributed by atoms with E-state index in [4.69, 9.17) is 0 Å². The van der Waals surface area contributed by atoms with Gasteiger partial charge >= 0.3 is 12.2 Å². The molecule has 1 aliphatic rings. The van der Waals surface area contributed by atoms with Crippen molar-refractivity contribution in [3.63, 3.8) is 0 Å². The van der Waals surface area contributed by atoms with Gasteiger partial charge in [-0.2, -0.15) is 13.2 Å². The highest BCUT2D eigenvalue weighted by Gasteiger charge is 2.35. The second-order valence-corrected chi connectivity index (χ2v) is 5.61. The molecule has 0 bridgehead atoms. The first-order valence-corrected chi connectivity index (χ1v) is 7.80. The Morgan fingerprint density at radius 2 is 1.69 bits per heavy atom. The lowest BCUT2D eigenvalue weighted by Gasteiger charge is -2.34. The first kappa shape index (κ1) is 17.9. The van der Waals surface area contributed by atoms with Crippen LogP contribution in [0.5, 0.6) is 0 Å². The van der Waals surface area contributed by atoms with Crippen molar-refractivity contribution in [2.75, 3.05) is 36.4 Å². The van der Waals surface area contributed by atoms with Crippen LogP contribution in [0, 0.1) is 5.82 Å². The molecule has 2 heterocycles. The smallest absolute Gasteiger partial charge is 0.337 e. The van der Waals surface area contributed by atoms with Crippen LogP contribution in [0.3, 0.4) is 0 Å². The van der Waals surface area contributed by atoms with Crippen LogP contribution in [-0.2, 0) is 6.18 Å². The Hall–Kier alpha value is -2.91. The van der Waals surface area contributed by atoms with E-state index in [0.29, 0.717) is 19.0 Å². The Bertz CT molecular complexity index is 776. The first-order valence-electron chi connectivity index (χ1n) is 7.80. The summed E-state index contributed by atoms with van der Waals surface area (Å²) in [5.41, 5.74) is -2.08. The third-order valence-corrected chi connectivity index (χ3v) is 3.95. The molecule has 0 unspecified atom stereocenters. The second kappa shape index (κ2) is 7.14. The van der Waals surface area contributed by atoms with Crippen LogP contribution >= 0.6 is 0 Å². The zero-order chi connectivity index (χ0) is 18.7. The van der Waals surface area contributed by atoms with Gasteiger partial charge in [-0.1, -0.05) is 6.07 Å². The number of urea groups is 1. The molecule has 1 aromatic heterocycles. The number of hydrogen-bond acceptors (Lipinski definition) is 4. The van der Waals surface area contributed by atoms with Crippen molar-refractivity contribution in [2.45, 2.75) is 6.18 Å². The van der Waals surface area contributed by atoms with Crippen molar-refractivity contribution in [1.29, 1.82) is 0 Å². The van der Waals surface area contributed by atoms with E-state index in [1.54, 1.807) is 18.5 Å². The number of nitrogens with one attached hydrogen (secondary N) is 1. The number of hydrogen-bond donors (Lipinski definition) is 1. The number of piperazine rings is 1. The van der Waals surface area contributed by atoms with Crippen molar-refractivity contribution in [2.24, 2.45) is 0 Å². The van der Waals surface area contributed by atoms with Crippen LogP contribution in [0.2, 0.25) is 0 Å². The van der Waals surface area contributed by atoms with Crippen LogP contribution in [0.4, 0.5) is 34.0 Å². The minimum atomic E-state index is -4.77. The molecular weight excluding hydrogens is 354 g/mol. The number of rotatable bonds is 2. The van der Waals surface area contributed by atoms with Gasteiger partial charge in [0.2, 0.25) is 5.95 Å². The molecule has 1 fully saturated rings. The Morgan fingerprint density at radius 3 is 2.31 bits per heavy atom. The molecule has 0 radical (unpaired) electrons. The van der Waals surface area contributed by atoms with E-state index in [9.17, 15) is 22.4 Å². The van der Waals surface area contributed by atoms with Crippen LogP contribution in [0.1, 0.15) is 5.56 Å². The lowest BCUT2D eigenvalue weighted by Crippen LogP contribution is -2.50. The van der Waals surface area contributed by atoms with Gasteiger partial charge in [-0.25, -0.2) is 19.2 Å². The van der Waals surface area contributed by atoms with Gasteiger partial charge in [0.05, 0.1) is 11.3 Å². The molecule has 1 N–H and O–H groups in total. The summed E-state index contributed by atoms with van der Waals surface area (Å²) in [7, 11) is 0. The number of aromatic nitrogens is 2. The van der Waals surface area contributed by atoms with Gasteiger partial charge in [0.1, 0.15) is 5.82 Å². The van der Waals surface area contributed by atoms with Crippen molar-refractivity contribution >= 4 is 17.7 Å². The highest BCUT2D eigenvalue weighted by Crippen LogP contribution is 2.36. The van der Waals surface area contributed by atoms with Gasteiger partial charge in [-0.05, 0) is 18.2 Å². The van der Waals surface area contributed by atoms with E-state index in [1.165, 1.54) is 4.90 Å². The average molecular weight is 369 g/mol. The molecule has 0 saturated carbocycles. The van der Waals surface area contributed by atoms with Crippen molar-refractivity contribution in [1.82, 2.24) is 14.9 Å². The largest absolute Gasteiger partial charge is 0.418 e. The van der Waals surface area contributed by atoms with Crippen LogP contribution in [-0.4, -0.2) is 47.1 Å². The summed E-state index contributed by atoms with van der Waals surface area (Å²) in [5, 5.41) is 2.05. The third-order valence-electron chi connectivity index (χ3n) is 3.95. The van der Waals surface area contributed by atoms with Crippen molar-refractivity contribution in [3.8, 4) is 0 Å². The van der Waals surface area contributed by atoms with E-state index in [0.717, 1.165) is 18.2 Å². The summed E-state index contributed by atoms with van der Waals surface area (Å²) in [4.78, 5) is 23.7. The molecule has 0 spiro atoms. The lowest BCUT2D eigenvalue weighted by molar-refractivity contribution is -0.137. The molecule has 138 valence electrons. The number of alkyl halides is 3. The van der Waals surface area contributed by atoms with Gasteiger partial charge in [-0.15, -0.1) is 0 Å². The molecule has 2 amide bonds. The number of amides is 2. The quantitative estimate of drug-likeness (QED) is 0.827. The second-order valence-electron chi connectivity index (χ2n) is 5.61. The zero-order valence-electron chi connectivity index (χ0n) is 13.5. The van der Waals surface area contributed by atoms with E-state index < -0.39 is 29.3 Å². The lowest BCUT2D eigenvalue weighted by atomic mass is 10.1. The van der Waals surface area contributed by atoms with E-state index >= 15 is 0 Å². The minimum absolute atomic E-state index is 0.250. The average Bonchev–Trinajstić information content (AvgIpc) is 2.63. The summed E-state index contributed by atoms with van der Waals surface area (Å²) < 4.78 is 52.9. The Balaban J connectivity index is 1.67. The molecular formula is C16H15F4N5O. The number of carbonyl (C=O) groups is 1. The number of halogens is 4. The summed E-state index contributed by atoms with van der Waals surface area (Å²) in [6.07, 6.45) is -1.58. The van der Waals surface area contributed by atoms with Gasteiger partial charge in [0.15, 0.2) is 0 Å². The summed E-state index contributed by atoms with van der Waals surface area (Å²) in [6, 6.07) is 3.44. The minimum Gasteiger partial charge on any atom is -0.337 e. The van der Waals surface area contributed by atoms with Gasteiger partial charge in [-0.3, -0.25) is 0 Å². The van der Waals surface area contributed by atoms with Crippen LogP contribution in [0.25, 0.3) is 0 Å². The standard InChI is InChI=1S/C16H15F4N5O/c17-12-4-1-3-11(16(18,19)20)13(12)23-15(26)25-9-7-24(8-10-25)14-21-5-2-6-22-14/h1-6H,7-10H2,(H,23,26). The Morgan fingerprint density at radius 1 is 1.04 bits per heavy atom. The highest BCUT2D eigenvalue weighted by molar-refractivity contribution is 5.90. The maximum Gasteiger partial charge on any atom is 0.418 e. The number of anilines is 2. The van der Waals surface area contributed by atoms with Gasteiger partial charge in [0.25, 0.3) is 0 Å².